The van der Waals surface area contributed by atoms with Crippen molar-refractivity contribution in [3.05, 3.63) is 78.6 Å². The van der Waals surface area contributed by atoms with Crippen molar-refractivity contribution in [2.24, 2.45) is 5.84 Å². The van der Waals surface area contributed by atoms with Crippen molar-refractivity contribution in [2.45, 2.75) is 13.3 Å². The number of hydrazine groups is 1. The van der Waals surface area contributed by atoms with E-state index >= 15 is 0 Å². The molecule has 0 bridgehead atoms. The summed E-state index contributed by atoms with van der Waals surface area (Å²) in [6, 6.07) is 19.7. The van der Waals surface area contributed by atoms with Crippen molar-refractivity contribution in [1.82, 2.24) is 20.7 Å². The molecule has 0 saturated carbocycles. The minimum atomic E-state index is -0.378. The van der Waals surface area contributed by atoms with Crippen molar-refractivity contribution in [1.29, 1.82) is 0 Å². The molecule has 8 heteroatoms. The number of ether oxygens (including phenoxy) is 1. The van der Waals surface area contributed by atoms with Crippen LogP contribution in [0.25, 0.3) is 33.3 Å². The number of fused-ring (bicyclic) bond motifs is 1. The smallest absolute Gasteiger partial charge is 0.265 e. The highest BCUT2D eigenvalue weighted by molar-refractivity contribution is 6.06. The summed E-state index contributed by atoms with van der Waals surface area (Å²) in [7, 11) is 1.93. The highest BCUT2D eigenvalue weighted by Crippen LogP contribution is 2.28. The van der Waals surface area contributed by atoms with Crippen LogP contribution >= 0.6 is 0 Å². The van der Waals surface area contributed by atoms with Gasteiger partial charge in [0.05, 0.1) is 23.4 Å². The third kappa shape index (κ3) is 6.69. The number of carbonyl (C=O) groups is 2. The van der Waals surface area contributed by atoms with E-state index in [0.717, 1.165) is 41.7 Å². The molecule has 4 rings (SSSR count). The average molecular weight is 472 g/mol. The van der Waals surface area contributed by atoms with Gasteiger partial charge in [0.25, 0.3) is 5.91 Å². The lowest BCUT2D eigenvalue weighted by Crippen LogP contribution is -2.30. The van der Waals surface area contributed by atoms with Gasteiger partial charge in [0.2, 0.25) is 0 Å². The molecule has 0 fully saturated rings. The first kappa shape index (κ1) is 25.5. The molecule has 0 radical (unpaired) electrons. The Morgan fingerprint density at radius 1 is 1.03 bits per heavy atom. The van der Waals surface area contributed by atoms with Crippen LogP contribution in [0, 0.1) is 0 Å². The Bertz CT molecular complexity index is 1260. The summed E-state index contributed by atoms with van der Waals surface area (Å²) in [6.07, 6.45) is 4.99. The van der Waals surface area contributed by atoms with E-state index in [0.29, 0.717) is 28.8 Å². The van der Waals surface area contributed by atoms with E-state index in [1.165, 1.54) is 6.92 Å². The fourth-order valence-corrected chi connectivity index (χ4v) is 3.50. The first-order valence-electron chi connectivity index (χ1n) is 11.2. The number of benzene rings is 2. The highest BCUT2D eigenvalue weighted by Gasteiger charge is 2.13. The van der Waals surface area contributed by atoms with E-state index in [1.807, 2.05) is 55.6 Å². The van der Waals surface area contributed by atoms with Gasteiger partial charge >= 0.3 is 0 Å². The van der Waals surface area contributed by atoms with Crippen LogP contribution in [0.5, 0.6) is 5.75 Å². The molecule has 2 heterocycles. The molecule has 0 saturated heterocycles. The molecule has 35 heavy (non-hydrogen) atoms. The van der Waals surface area contributed by atoms with E-state index in [-0.39, 0.29) is 5.91 Å². The third-order valence-corrected chi connectivity index (χ3v) is 5.19. The first-order chi connectivity index (χ1) is 17.1. The second kappa shape index (κ2) is 12.9. The fraction of sp³-hybridized carbons (Fsp3) is 0.185. The van der Waals surface area contributed by atoms with Crippen LogP contribution in [0.1, 0.15) is 23.7 Å². The Balaban J connectivity index is 0.00000108. The molecule has 0 aliphatic heterocycles. The van der Waals surface area contributed by atoms with Gasteiger partial charge in [0.1, 0.15) is 12.0 Å². The number of rotatable bonds is 8. The number of aldehydes is 1. The standard InChI is InChI=1S/C25H25N5O2.C2H4O/c1-27-12-2-14-32-20-9-7-18(8-10-20)17-3-5-19(6-4-17)24-15-21(25(31)30-26)22-16-28-13-11-23(22)29-24;1-2-3/h3-11,13,15-16,27H,2,12,14,26H2,1H3,(H,30,31);2H,1H3. The molecule has 0 unspecified atom stereocenters. The third-order valence-electron chi connectivity index (χ3n) is 5.19. The predicted octanol–water partition coefficient (Wildman–Crippen LogP) is 3.76. The lowest BCUT2D eigenvalue weighted by molar-refractivity contribution is -0.106. The van der Waals surface area contributed by atoms with Gasteiger partial charge in [0.15, 0.2) is 0 Å². The summed E-state index contributed by atoms with van der Waals surface area (Å²) >= 11 is 0. The second-order valence-electron chi connectivity index (χ2n) is 7.56. The number of aromatic nitrogens is 2. The average Bonchev–Trinajstić information content (AvgIpc) is 2.91. The number of hydrogen-bond donors (Lipinski definition) is 3. The number of pyridine rings is 2. The van der Waals surface area contributed by atoms with E-state index in [1.54, 1.807) is 24.5 Å². The number of amides is 1. The molecule has 2 aromatic carbocycles. The minimum Gasteiger partial charge on any atom is -0.494 e. The zero-order valence-electron chi connectivity index (χ0n) is 19.8. The normalized spacial score (nSPS) is 10.3. The van der Waals surface area contributed by atoms with Crippen molar-refractivity contribution in [3.63, 3.8) is 0 Å². The Labute approximate surface area is 204 Å². The van der Waals surface area contributed by atoms with E-state index in [4.69, 9.17) is 20.4 Å². The van der Waals surface area contributed by atoms with Gasteiger partial charge in [-0.2, -0.15) is 0 Å². The molecule has 180 valence electrons. The number of nitrogen functional groups attached to an aromatic ring is 1. The molecule has 4 aromatic rings. The SMILES string of the molecule is CC=O.CNCCCOc1ccc(-c2ccc(-c3cc(C(=O)NN)c4cnccc4n3)cc2)cc1. The van der Waals surface area contributed by atoms with Gasteiger partial charge in [-0.25, -0.2) is 10.8 Å². The van der Waals surface area contributed by atoms with Crippen molar-refractivity contribution < 1.29 is 14.3 Å². The Morgan fingerprint density at radius 2 is 1.66 bits per heavy atom. The van der Waals surface area contributed by atoms with Gasteiger partial charge in [-0.3, -0.25) is 15.2 Å². The molecular formula is C27H29N5O3. The van der Waals surface area contributed by atoms with Gasteiger partial charge < -0.3 is 14.8 Å². The second-order valence-corrected chi connectivity index (χ2v) is 7.56. The minimum absolute atomic E-state index is 0.378. The van der Waals surface area contributed by atoms with Crippen LogP contribution in [-0.4, -0.2) is 42.4 Å². The van der Waals surface area contributed by atoms with Crippen molar-refractivity contribution in [2.75, 3.05) is 20.2 Å². The maximum absolute atomic E-state index is 12.3. The van der Waals surface area contributed by atoms with Crippen LogP contribution in [0.3, 0.4) is 0 Å². The summed E-state index contributed by atoms with van der Waals surface area (Å²) in [6.45, 7) is 3.07. The monoisotopic (exact) mass is 471 g/mol. The summed E-state index contributed by atoms with van der Waals surface area (Å²) in [5, 5.41) is 3.77. The van der Waals surface area contributed by atoms with E-state index in [2.05, 4.69) is 15.7 Å². The summed E-state index contributed by atoms with van der Waals surface area (Å²) < 4.78 is 5.76. The van der Waals surface area contributed by atoms with Gasteiger partial charge in [-0.15, -0.1) is 0 Å². The van der Waals surface area contributed by atoms with E-state index < -0.39 is 0 Å². The van der Waals surface area contributed by atoms with E-state index in [9.17, 15) is 4.79 Å². The molecule has 1 amide bonds. The van der Waals surface area contributed by atoms with Gasteiger partial charge in [-0.05, 0) is 62.3 Å². The van der Waals surface area contributed by atoms with Crippen molar-refractivity contribution >= 4 is 23.1 Å². The lowest BCUT2D eigenvalue weighted by atomic mass is 10.0. The molecule has 0 aliphatic carbocycles. The number of nitrogens with two attached hydrogens (primary N) is 1. The maximum atomic E-state index is 12.3. The van der Waals surface area contributed by atoms with Crippen LogP contribution in [0.4, 0.5) is 0 Å². The molecule has 4 N–H and O–H groups in total. The lowest BCUT2D eigenvalue weighted by Gasteiger charge is -2.10. The predicted molar refractivity (Wildman–Crippen MR) is 138 cm³/mol. The number of hydrogen-bond acceptors (Lipinski definition) is 7. The first-order valence-corrected chi connectivity index (χ1v) is 11.2. The van der Waals surface area contributed by atoms with Crippen LogP contribution in [-0.2, 0) is 4.79 Å². The topological polar surface area (TPSA) is 119 Å². The molecular weight excluding hydrogens is 442 g/mol. The zero-order valence-corrected chi connectivity index (χ0v) is 19.8. The Kier molecular flexibility index (Phi) is 9.41. The number of nitrogens with one attached hydrogen (secondary N) is 2. The van der Waals surface area contributed by atoms with Crippen LogP contribution in [0.15, 0.2) is 73.1 Å². The molecule has 0 spiro atoms. The van der Waals surface area contributed by atoms with Crippen LogP contribution in [0.2, 0.25) is 0 Å². The summed E-state index contributed by atoms with van der Waals surface area (Å²) in [5.74, 6) is 5.85. The van der Waals surface area contributed by atoms with Gasteiger partial charge in [0, 0.05) is 23.3 Å². The molecule has 2 aromatic heterocycles. The number of carbonyl (C=O) groups excluding carboxylic acids is 2. The fourth-order valence-electron chi connectivity index (χ4n) is 3.50. The van der Waals surface area contributed by atoms with Gasteiger partial charge in [-0.1, -0.05) is 36.4 Å². The molecule has 0 aliphatic rings. The number of nitrogens with zero attached hydrogens (tertiary/aromatic N) is 2. The largest absolute Gasteiger partial charge is 0.494 e. The van der Waals surface area contributed by atoms with Crippen LogP contribution < -0.4 is 21.3 Å². The Morgan fingerprint density at radius 3 is 2.29 bits per heavy atom. The Hall–Kier alpha value is -4.14. The molecule has 0 atom stereocenters. The quantitative estimate of drug-likeness (QED) is 0.118. The molecule has 8 nitrogen and oxygen atoms in total. The highest BCUT2D eigenvalue weighted by atomic mass is 16.5. The zero-order chi connectivity index (χ0) is 25.0. The summed E-state index contributed by atoms with van der Waals surface area (Å²) in [5.41, 5.74) is 7.10. The maximum Gasteiger partial charge on any atom is 0.265 e. The van der Waals surface area contributed by atoms with Crippen molar-refractivity contribution in [3.8, 4) is 28.1 Å². The summed E-state index contributed by atoms with van der Waals surface area (Å²) in [4.78, 5) is 29.9.